The summed E-state index contributed by atoms with van der Waals surface area (Å²) in [5.74, 6) is -0.0928. The van der Waals surface area contributed by atoms with Crippen molar-refractivity contribution in [1.29, 1.82) is 0 Å². The average molecular weight is 245 g/mol. The van der Waals surface area contributed by atoms with Gasteiger partial charge in [0.15, 0.2) is 0 Å². The lowest BCUT2D eigenvalue weighted by Crippen LogP contribution is -1.77. The van der Waals surface area contributed by atoms with Gasteiger partial charge in [-0.2, -0.15) is 0 Å². The molecule has 0 aliphatic rings. The van der Waals surface area contributed by atoms with Gasteiger partial charge in [-0.25, -0.2) is 9.37 Å². The number of phenolic OH excluding ortho intramolecular Hbond substituents is 1. The molecule has 1 heterocycles. The first-order valence-electron chi connectivity index (χ1n) is 5.08. The van der Waals surface area contributed by atoms with Crippen molar-refractivity contribution in [2.45, 2.75) is 0 Å². The van der Waals surface area contributed by atoms with Crippen LogP contribution in [-0.4, -0.2) is 10.1 Å². The number of rotatable bonds is 1. The van der Waals surface area contributed by atoms with Crippen LogP contribution in [0.5, 0.6) is 5.75 Å². The Bertz CT molecular complexity index is 675. The number of fused-ring (bicyclic) bond motifs is 1. The zero-order valence-electron chi connectivity index (χ0n) is 8.72. The third kappa shape index (κ3) is 1.76. The molecule has 0 spiro atoms. The number of halogens is 1. The van der Waals surface area contributed by atoms with Crippen LogP contribution in [0.25, 0.3) is 20.8 Å². The van der Waals surface area contributed by atoms with Gasteiger partial charge >= 0.3 is 0 Å². The molecule has 1 aromatic heterocycles. The fraction of sp³-hybridized carbons (Fsp3) is 0. The summed E-state index contributed by atoms with van der Waals surface area (Å²) in [5, 5.41) is 10.4. The van der Waals surface area contributed by atoms with E-state index in [1.54, 1.807) is 24.3 Å². The number of nitrogens with zero attached hydrogens (tertiary/aromatic N) is 1. The first-order chi connectivity index (χ1) is 8.24. The second-order valence-corrected chi connectivity index (χ2v) is 4.68. The number of aromatic hydroxyl groups is 1. The van der Waals surface area contributed by atoms with Crippen LogP contribution < -0.4 is 0 Å². The lowest BCUT2D eigenvalue weighted by molar-refractivity contribution is 0.480. The number of para-hydroxylation sites is 1. The Morgan fingerprint density at radius 3 is 2.53 bits per heavy atom. The van der Waals surface area contributed by atoms with Crippen molar-refractivity contribution in [1.82, 2.24) is 4.98 Å². The van der Waals surface area contributed by atoms with Crippen LogP contribution in [-0.2, 0) is 0 Å². The lowest BCUT2D eigenvalue weighted by atomic mass is 10.2. The van der Waals surface area contributed by atoms with Crippen LogP contribution >= 0.6 is 11.3 Å². The molecule has 3 aromatic rings. The summed E-state index contributed by atoms with van der Waals surface area (Å²) < 4.78 is 13.7. The number of hydrogen-bond acceptors (Lipinski definition) is 3. The van der Waals surface area contributed by atoms with E-state index in [1.165, 1.54) is 23.5 Å². The predicted molar refractivity (Wildman–Crippen MR) is 66.7 cm³/mol. The highest BCUT2D eigenvalue weighted by molar-refractivity contribution is 7.21. The molecule has 0 saturated carbocycles. The molecule has 1 N–H and O–H groups in total. The smallest absolute Gasteiger partial charge is 0.142 e. The standard InChI is InChI=1S/C13H8FNOS/c14-9-6-4-8(5-7-9)13-15-12-10(16)2-1-3-11(12)17-13/h1-7,16H. The average Bonchev–Trinajstić information content (AvgIpc) is 2.75. The quantitative estimate of drug-likeness (QED) is 0.707. The van der Waals surface area contributed by atoms with Gasteiger partial charge in [0.05, 0.1) is 4.70 Å². The highest BCUT2D eigenvalue weighted by Gasteiger charge is 2.08. The first kappa shape index (κ1) is 10.2. The normalized spacial score (nSPS) is 10.9. The molecule has 4 heteroatoms. The van der Waals surface area contributed by atoms with Crippen molar-refractivity contribution in [2.75, 3.05) is 0 Å². The van der Waals surface area contributed by atoms with Crippen LogP contribution in [0.15, 0.2) is 42.5 Å². The Labute approximate surface area is 101 Å². The molecule has 0 atom stereocenters. The minimum atomic E-state index is -0.266. The predicted octanol–water partition coefficient (Wildman–Crippen LogP) is 3.81. The molecule has 17 heavy (non-hydrogen) atoms. The van der Waals surface area contributed by atoms with E-state index in [-0.39, 0.29) is 11.6 Å². The first-order valence-corrected chi connectivity index (χ1v) is 5.90. The second kappa shape index (κ2) is 3.82. The molecular formula is C13H8FNOS. The molecular weight excluding hydrogens is 237 g/mol. The summed E-state index contributed by atoms with van der Waals surface area (Å²) in [5.41, 5.74) is 1.45. The largest absolute Gasteiger partial charge is 0.506 e. The Hall–Kier alpha value is -1.94. The minimum Gasteiger partial charge on any atom is -0.506 e. The number of thiazole rings is 1. The van der Waals surface area contributed by atoms with E-state index in [9.17, 15) is 9.50 Å². The SMILES string of the molecule is Oc1cccc2sc(-c3ccc(F)cc3)nc12. The maximum Gasteiger partial charge on any atom is 0.142 e. The van der Waals surface area contributed by atoms with Gasteiger partial charge in [-0.1, -0.05) is 6.07 Å². The molecule has 0 unspecified atom stereocenters. The molecule has 0 saturated heterocycles. The fourth-order valence-electron chi connectivity index (χ4n) is 1.65. The summed E-state index contributed by atoms with van der Waals surface area (Å²) in [6.45, 7) is 0. The number of aromatic nitrogens is 1. The van der Waals surface area contributed by atoms with E-state index in [2.05, 4.69) is 4.98 Å². The highest BCUT2D eigenvalue weighted by Crippen LogP contribution is 2.33. The second-order valence-electron chi connectivity index (χ2n) is 3.65. The van der Waals surface area contributed by atoms with E-state index >= 15 is 0 Å². The Morgan fingerprint density at radius 1 is 1.06 bits per heavy atom. The van der Waals surface area contributed by atoms with Gasteiger partial charge in [-0.05, 0) is 36.4 Å². The Kier molecular flexibility index (Phi) is 2.30. The van der Waals surface area contributed by atoms with E-state index in [1.807, 2.05) is 6.07 Å². The van der Waals surface area contributed by atoms with Crippen molar-refractivity contribution in [2.24, 2.45) is 0 Å². The summed E-state index contributed by atoms with van der Waals surface area (Å²) in [6.07, 6.45) is 0. The van der Waals surface area contributed by atoms with Crippen LogP contribution in [0, 0.1) is 5.82 Å². The summed E-state index contributed by atoms with van der Waals surface area (Å²) >= 11 is 1.48. The molecule has 0 aliphatic heterocycles. The van der Waals surface area contributed by atoms with Crippen LogP contribution in [0.2, 0.25) is 0 Å². The van der Waals surface area contributed by atoms with Crippen molar-refractivity contribution >= 4 is 21.6 Å². The van der Waals surface area contributed by atoms with Gasteiger partial charge in [0.1, 0.15) is 22.1 Å². The van der Waals surface area contributed by atoms with Crippen LogP contribution in [0.4, 0.5) is 4.39 Å². The monoisotopic (exact) mass is 245 g/mol. The zero-order chi connectivity index (χ0) is 11.8. The van der Waals surface area contributed by atoms with Crippen molar-refractivity contribution in [3.05, 3.63) is 48.3 Å². The lowest BCUT2D eigenvalue weighted by Gasteiger charge is -1.94. The Morgan fingerprint density at radius 2 is 1.82 bits per heavy atom. The van der Waals surface area contributed by atoms with Gasteiger partial charge in [0.25, 0.3) is 0 Å². The van der Waals surface area contributed by atoms with Gasteiger partial charge in [0, 0.05) is 5.56 Å². The third-order valence-electron chi connectivity index (χ3n) is 2.49. The van der Waals surface area contributed by atoms with E-state index in [0.717, 1.165) is 15.3 Å². The van der Waals surface area contributed by atoms with Crippen molar-refractivity contribution < 1.29 is 9.50 Å². The molecule has 0 amide bonds. The number of phenols is 1. The molecule has 0 bridgehead atoms. The number of hydrogen-bond donors (Lipinski definition) is 1. The Balaban J connectivity index is 2.18. The maximum absolute atomic E-state index is 12.8. The fourth-order valence-corrected chi connectivity index (χ4v) is 2.64. The molecule has 2 aromatic carbocycles. The highest BCUT2D eigenvalue weighted by atomic mass is 32.1. The van der Waals surface area contributed by atoms with Crippen LogP contribution in [0.3, 0.4) is 0 Å². The van der Waals surface area contributed by atoms with E-state index < -0.39 is 0 Å². The molecule has 0 fully saturated rings. The molecule has 3 rings (SSSR count). The van der Waals surface area contributed by atoms with E-state index in [4.69, 9.17) is 0 Å². The topological polar surface area (TPSA) is 33.1 Å². The minimum absolute atomic E-state index is 0.173. The van der Waals surface area contributed by atoms with E-state index in [0.29, 0.717) is 5.52 Å². The molecule has 2 nitrogen and oxygen atoms in total. The van der Waals surface area contributed by atoms with Gasteiger partial charge in [-0.15, -0.1) is 11.3 Å². The molecule has 0 radical (unpaired) electrons. The zero-order valence-corrected chi connectivity index (χ0v) is 9.54. The van der Waals surface area contributed by atoms with Gasteiger partial charge < -0.3 is 5.11 Å². The summed E-state index contributed by atoms with van der Waals surface area (Å²) in [6, 6.07) is 11.5. The molecule has 84 valence electrons. The molecule has 0 aliphatic carbocycles. The number of benzene rings is 2. The van der Waals surface area contributed by atoms with Crippen molar-refractivity contribution in [3.8, 4) is 16.3 Å². The summed E-state index contributed by atoms with van der Waals surface area (Å²) in [7, 11) is 0. The van der Waals surface area contributed by atoms with Gasteiger partial charge in [-0.3, -0.25) is 0 Å². The van der Waals surface area contributed by atoms with Crippen molar-refractivity contribution in [3.63, 3.8) is 0 Å². The van der Waals surface area contributed by atoms with Crippen LogP contribution in [0.1, 0.15) is 0 Å². The maximum atomic E-state index is 12.8. The third-order valence-corrected chi connectivity index (χ3v) is 3.56. The van der Waals surface area contributed by atoms with Gasteiger partial charge in [0.2, 0.25) is 0 Å². The summed E-state index contributed by atoms with van der Waals surface area (Å²) in [4.78, 5) is 4.36.